The zero-order valence-electron chi connectivity index (χ0n) is 14.9. The average Bonchev–Trinajstić information content (AvgIpc) is 3.14. The van der Waals surface area contributed by atoms with Crippen LogP contribution in [-0.2, 0) is 16.4 Å². The zero-order chi connectivity index (χ0) is 19.0. The van der Waals surface area contributed by atoms with E-state index in [1.54, 1.807) is 31.4 Å². The van der Waals surface area contributed by atoms with Gasteiger partial charge in [0.15, 0.2) is 0 Å². The van der Waals surface area contributed by atoms with Crippen LogP contribution in [0.25, 0.3) is 11.1 Å². The first-order chi connectivity index (χ1) is 13.0. The van der Waals surface area contributed by atoms with Gasteiger partial charge in [0.2, 0.25) is 0 Å². The van der Waals surface area contributed by atoms with Gasteiger partial charge in [-0.05, 0) is 53.9 Å². The second-order valence-corrected chi connectivity index (χ2v) is 8.30. The number of nitrogens with zero attached hydrogens (tertiary/aromatic N) is 1. The first kappa shape index (κ1) is 17.4. The lowest BCUT2D eigenvalue weighted by atomic mass is 10.0. The summed E-state index contributed by atoms with van der Waals surface area (Å²) in [5.74, 6) is 0.623. The van der Waals surface area contributed by atoms with Gasteiger partial charge in [0.1, 0.15) is 5.75 Å². The van der Waals surface area contributed by atoms with Crippen LogP contribution in [0.5, 0.6) is 5.75 Å². The second kappa shape index (κ2) is 6.63. The standard InChI is InChI=1S/C21H20N2O3S/c1-26-18-9-11-19(12-10-18)27(24,25)23-14-13-16-3-2-4-20(21(16)23)15-5-7-17(22)8-6-15/h2-12H,13-14,22H2,1H3. The maximum Gasteiger partial charge on any atom is 0.264 e. The van der Waals surface area contributed by atoms with E-state index in [1.807, 2.05) is 42.5 Å². The van der Waals surface area contributed by atoms with E-state index in [2.05, 4.69) is 0 Å². The highest BCUT2D eigenvalue weighted by molar-refractivity contribution is 7.92. The Balaban J connectivity index is 1.81. The first-order valence-electron chi connectivity index (χ1n) is 8.65. The quantitative estimate of drug-likeness (QED) is 0.701. The number of methoxy groups -OCH3 is 1. The van der Waals surface area contributed by atoms with Gasteiger partial charge in [-0.3, -0.25) is 4.31 Å². The summed E-state index contributed by atoms with van der Waals surface area (Å²) in [4.78, 5) is 0.253. The number of hydrogen-bond donors (Lipinski definition) is 1. The highest BCUT2D eigenvalue weighted by Gasteiger charge is 2.33. The molecular weight excluding hydrogens is 360 g/mol. The largest absolute Gasteiger partial charge is 0.497 e. The van der Waals surface area contributed by atoms with Gasteiger partial charge in [0, 0.05) is 17.8 Å². The van der Waals surface area contributed by atoms with E-state index in [0.29, 0.717) is 24.4 Å². The van der Waals surface area contributed by atoms with Crippen LogP contribution >= 0.6 is 0 Å². The minimum atomic E-state index is -3.66. The smallest absolute Gasteiger partial charge is 0.264 e. The fourth-order valence-electron chi connectivity index (χ4n) is 3.43. The number of nitrogen functional groups attached to an aromatic ring is 1. The fraction of sp³-hybridized carbons (Fsp3) is 0.143. The topological polar surface area (TPSA) is 72.6 Å². The molecule has 0 aliphatic carbocycles. The lowest BCUT2D eigenvalue weighted by Gasteiger charge is -2.22. The molecule has 6 heteroatoms. The molecule has 1 aliphatic heterocycles. The molecule has 0 aromatic heterocycles. The van der Waals surface area contributed by atoms with Crippen LogP contribution in [0.15, 0.2) is 71.6 Å². The summed E-state index contributed by atoms with van der Waals surface area (Å²) in [5, 5.41) is 0. The molecule has 0 amide bonds. The second-order valence-electron chi connectivity index (χ2n) is 6.44. The van der Waals surface area contributed by atoms with Crippen molar-refractivity contribution < 1.29 is 13.2 Å². The molecular formula is C21H20N2O3S. The number of ether oxygens (including phenoxy) is 1. The molecule has 27 heavy (non-hydrogen) atoms. The Kier molecular flexibility index (Phi) is 4.28. The monoisotopic (exact) mass is 380 g/mol. The number of benzene rings is 3. The van der Waals surface area contributed by atoms with Crippen LogP contribution in [-0.4, -0.2) is 22.1 Å². The van der Waals surface area contributed by atoms with Gasteiger partial charge in [0.25, 0.3) is 10.0 Å². The summed E-state index contributed by atoms with van der Waals surface area (Å²) in [6, 6.07) is 19.9. The van der Waals surface area contributed by atoms with Crippen molar-refractivity contribution in [3.05, 3.63) is 72.3 Å². The number of hydrogen-bond acceptors (Lipinski definition) is 4. The fourth-order valence-corrected chi connectivity index (χ4v) is 4.95. The Labute approximate surface area is 159 Å². The van der Waals surface area contributed by atoms with Crippen molar-refractivity contribution in [2.45, 2.75) is 11.3 Å². The molecule has 3 aromatic rings. The van der Waals surface area contributed by atoms with Gasteiger partial charge in [-0.2, -0.15) is 0 Å². The molecule has 0 radical (unpaired) electrons. The van der Waals surface area contributed by atoms with E-state index in [9.17, 15) is 8.42 Å². The molecule has 5 nitrogen and oxygen atoms in total. The van der Waals surface area contributed by atoms with Crippen LogP contribution < -0.4 is 14.8 Å². The molecule has 2 N–H and O–H groups in total. The van der Waals surface area contributed by atoms with Gasteiger partial charge >= 0.3 is 0 Å². The third-order valence-corrected chi connectivity index (χ3v) is 6.64. The van der Waals surface area contributed by atoms with Crippen molar-refractivity contribution in [3.63, 3.8) is 0 Å². The van der Waals surface area contributed by atoms with Gasteiger partial charge in [0.05, 0.1) is 17.7 Å². The molecule has 4 rings (SSSR count). The summed E-state index contributed by atoms with van der Waals surface area (Å²) in [7, 11) is -2.11. The molecule has 3 aromatic carbocycles. The Bertz CT molecular complexity index is 1080. The predicted molar refractivity (Wildman–Crippen MR) is 108 cm³/mol. The van der Waals surface area contributed by atoms with Gasteiger partial charge in [-0.1, -0.05) is 30.3 Å². The maximum atomic E-state index is 13.3. The predicted octanol–water partition coefficient (Wildman–Crippen LogP) is 3.70. The van der Waals surface area contributed by atoms with E-state index >= 15 is 0 Å². The van der Waals surface area contributed by atoms with E-state index < -0.39 is 10.0 Å². The number of anilines is 2. The molecule has 0 bridgehead atoms. The number of nitrogens with two attached hydrogens (primary N) is 1. The Morgan fingerprint density at radius 1 is 0.963 bits per heavy atom. The maximum absolute atomic E-state index is 13.3. The molecule has 138 valence electrons. The summed E-state index contributed by atoms with van der Waals surface area (Å²) < 4.78 is 33.2. The molecule has 0 atom stereocenters. The SMILES string of the molecule is COc1ccc(S(=O)(=O)N2CCc3cccc(-c4ccc(N)cc4)c32)cc1. The van der Waals surface area contributed by atoms with E-state index in [1.165, 1.54) is 4.31 Å². The van der Waals surface area contributed by atoms with Crippen molar-refractivity contribution in [2.75, 3.05) is 23.7 Å². The minimum Gasteiger partial charge on any atom is -0.497 e. The van der Waals surface area contributed by atoms with Crippen LogP contribution in [0.1, 0.15) is 5.56 Å². The number of para-hydroxylation sites is 1. The Hall–Kier alpha value is -2.99. The van der Waals surface area contributed by atoms with Crippen LogP contribution in [0.2, 0.25) is 0 Å². The summed E-state index contributed by atoms with van der Waals surface area (Å²) in [6.07, 6.45) is 0.688. The molecule has 0 saturated heterocycles. The highest BCUT2D eigenvalue weighted by Crippen LogP contribution is 2.41. The third kappa shape index (κ3) is 3.02. The van der Waals surface area contributed by atoms with Crippen LogP contribution in [0.4, 0.5) is 11.4 Å². The van der Waals surface area contributed by atoms with Crippen molar-refractivity contribution in [1.29, 1.82) is 0 Å². The molecule has 1 heterocycles. The summed E-state index contributed by atoms with van der Waals surface area (Å²) >= 11 is 0. The van der Waals surface area contributed by atoms with Gasteiger partial charge in [-0.15, -0.1) is 0 Å². The van der Waals surface area contributed by atoms with E-state index in [4.69, 9.17) is 10.5 Å². The summed E-state index contributed by atoms with van der Waals surface area (Å²) in [5.41, 5.74) is 10.1. The van der Waals surface area contributed by atoms with Crippen molar-refractivity contribution in [1.82, 2.24) is 0 Å². The molecule has 0 fully saturated rings. The minimum absolute atomic E-state index is 0.253. The van der Waals surface area contributed by atoms with Crippen LogP contribution in [0.3, 0.4) is 0 Å². The molecule has 1 aliphatic rings. The number of fused-ring (bicyclic) bond motifs is 1. The van der Waals surface area contributed by atoms with Crippen molar-refractivity contribution in [3.8, 4) is 16.9 Å². The van der Waals surface area contributed by atoms with E-state index in [-0.39, 0.29) is 4.90 Å². The number of sulfonamides is 1. The first-order valence-corrected chi connectivity index (χ1v) is 10.1. The molecule has 0 spiro atoms. The third-order valence-electron chi connectivity index (χ3n) is 4.82. The van der Waals surface area contributed by atoms with Crippen molar-refractivity contribution >= 4 is 21.4 Å². The summed E-state index contributed by atoms with van der Waals surface area (Å²) in [6.45, 7) is 0.426. The zero-order valence-corrected chi connectivity index (χ0v) is 15.7. The highest BCUT2D eigenvalue weighted by atomic mass is 32.2. The average molecular weight is 380 g/mol. The van der Waals surface area contributed by atoms with Crippen molar-refractivity contribution in [2.24, 2.45) is 0 Å². The van der Waals surface area contributed by atoms with Gasteiger partial charge < -0.3 is 10.5 Å². The molecule has 0 saturated carbocycles. The van der Waals surface area contributed by atoms with Gasteiger partial charge in [-0.25, -0.2) is 8.42 Å². The normalized spacial score (nSPS) is 13.4. The lowest BCUT2D eigenvalue weighted by Crippen LogP contribution is -2.29. The Morgan fingerprint density at radius 3 is 2.33 bits per heavy atom. The molecule has 0 unspecified atom stereocenters. The lowest BCUT2D eigenvalue weighted by molar-refractivity contribution is 0.414. The van der Waals surface area contributed by atoms with Crippen LogP contribution in [0, 0.1) is 0 Å². The number of rotatable bonds is 4. The Morgan fingerprint density at radius 2 is 1.67 bits per heavy atom. The van der Waals surface area contributed by atoms with E-state index in [0.717, 1.165) is 22.4 Å².